The van der Waals surface area contributed by atoms with E-state index in [2.05, 4.69) is 10.7 Å². The lowest BCUT2D eigenvalue weighted by Gasteiger charge is -2.25. The van der Waals surface area contributed by atoms with Crippen LogP contribution in [-0.4, -0.2) is 22.9 Å². The van der Waals surface area contributed by atoms with Gasteiger partial charge in [-0.1, -0.05) is 79.7 Å². The maximum absolute atomic E-state index is 13.1. The molecule has 6 nitrogen and oxygen atoms in total. The molecule has 6 heteroatoms. The van der Waals surface area contributed by atoms with Crippen LogP contribution >= 0.6 is 0 Å². The van der Waals surface area contributed by atoms with Crippen LogP contribution < -0.4 is 10.7 Å². The van der Waals surface area contributed by atoms with Crippen molar-refractivity contribution in [3.8, 4) is 0 Å². The number of hydrogen-bond acceptors (Lipinski definition) is 3. The molecular formula is C23H21N3O3. The molecule has 3 aromatic rings. The second kappa shape index (κ2) is 7.39. The zero-order chi connectivity index (χ0) is 20.4. The molecule has 1 atom stereocenters. The number of nitrogens with zero attached hydrogens (tertiary/aromatic N) is 1. The smallest absolute Gasteiger partial charge is 0.318 e. The Bertz CT molecular complexity index is 1100. The fourth-order valence-electron chi connectivity index (χ4n) is 3.74. The van der Waals surface area contributed by atoms with Crippen molar-refractivity contribution in [3.05, 3.63) is 83.9 Å². The summed E-state index contributed by atoms with van der Waals surface area (Å²) in [6.07, 6.45) is 0.436. The molecule has 1 fully saturated rings. The predicted molar refractivity (Wildman–Crippen MR) is 110 cm³/mol. The lowest BCUT2D eigenvalue weighted by Crippen LogP contribution is -2.49. The van der Waals surface area contributed by atoms with Gasteiger partial charge in [-0.15, -0.1) is 0 Å². The summed E-state index contributed by atoms with van der Waals surface area (Å²) in [5.74, 6) is -0.910. The molecule has 4 rings (SSSR count). The van der Waals surface area contributed by atoms with Gasteiger partial charge < -0.3 is 5.32 Å². The molecule has 3 aromatic carbocycles. The van der Waals surface area contributed by atoms with E-state index in [-0.39, 0.29) is 6.42 Å². The van der Waals surface area contributed by atoms with Crippen molar-refractivity contribution in [1.82, 2.24) is 15.8 Å². The number of carbonyl (C=O) groups excluding carboxylic acids is 3. The van der Waals surface area contributed by atoms with Crippen LogP contribution in [0.5, 0.6) is 0 Å². The van der Waals surface area contributed by atoms with Crippen molar-refractivity contribution < 1.29 is 14.4 Å². The summed E-state index contributed by atoms with van der Waals surface area (Å²) < 4.78 is 0. The number of benzene rings is 3. The van der Waals surface area contributed by atoms with Crippen LogP contribution in [0.25, 0.3) is 10.8 Å². The van der Waals surface area contributed by atoms with Crippen LogP contribution in [0.15, 0.2) is 72.8 Å². The van der Waals surface area contributed by atoms with Gasteiger partial charge in [0.1, 0.15) is 5.54 Å². The lowest BCUT2D eigenvalue weighted by molar-refractivity contribution is -0.139. The van der Waals surface area contributed by atoms with Gasteiger partial charge >= 0.3 is 6.03 Å². The van der Waals surface area contributed by atoms with Crippen LogP contribution in [0.4, 0.5) is 4.79 Å². The minimum atomic E-state index is -1.17. The molecular weight excluding hydrogens is 366 g/mol. The van der Waals surface area contributed by atoms with Gasteiger partial charge in [0.15, 0.2) is 0 Å². The third-order valence-corrected chi connectivity index (χ3v) is 5.30. The van der Waals surface area contributed by atoms with E-state index < -0.39 is 23.4 Å². The predicted octanol–water partition coefficient (Wildman–Crippen LogP) is 3.27. The highest BCUT2D eigenvalue weighted by Gasteiger charge is 2.52. The third kappa shape index (κ3) is 3.33. The topological polar surface area (TPSA) is 78.5 Å². The van der Waals surface area contributed by atoms with Crippen LogP contribution in [0.2, 0.25) is 0 Å². The summed E-state index contributed by atoms with van der Waals surface area (Å²) in [7, 11) is 0. The third-order valence-electron chi connectivity index (χ3n) is 5.30. The van der Waals surface area contributed by atoms with Crippen molar-refractivity contribution in [2.24, 2.45) is 0 Å². The van der Waals surface area contributed by atoms with Crippen LogP contribution in [0.3, 0.4) is 0 Å². The maximum Gasteiger partial charge on any atom is 0.344 e. The number of fused-ring (bicyclic) bond motifs is 1. The number of amides is 4. The Morgan fingerprint density at radius 3 is 2.38 bits per heavy atom. The SMILES string of the molecule is CC[C@]1(c2ccccc2)NC(=O)N(NC(=O)Cc2ccc3ccccc3c2)C1=O. The summed E-state index contributed by atoms with van der Waals surface area (Å²) in [6, 6.07) is 22.0. The number of hydrogen-bond donors (Lipinski definition) is 2. The minimum absolute atomic E-state index is 0.0619. The van der Waals surface area contributed by atoms with Gasteiger partial charge in [0.05, 0.1) is 6.42 Å². The standard InChI is InChI=1S/C23H21N3O3/c1-2-23(19-10-4-3-5-11-19)21(28)26(22(29)24-23)25-20(27)15-16-12-13-17-8-6-7-9-18(17)14-16/h3-14H,2,15H2,1H3,(H,24,29)(H,25,27)/t23-/m1/s1. The fraction of sp³-hybridized carbons (Fsp3) is 0.174. The van der Waals surface area contributed by atoms with Crippen LogP contribution in [0.1, 0.15) is 24.5 Å². The number of carbonyl (C=O) groups is 3. The number of rotatable bonds is 5. The van der Waals surface area contributed by atoms with E-state index >= 15 is 0 Å². The Balaban J connectivity index is 1.51. The molecule has 29 heavy (non-hydrogen) atoms. The maximum atomic E-state index is 13.1. The van der Waals surface area contributed by atoms with Gasteiger partial charge in [-0.2, -0.15) is 5.01 Å². The first-order chi connectivity index (χ1) is 14.0. The minimum Gasteiger partial charge on any atom is -0.318 e. The van der Waals surface area contributed by atoms with Crippen LogP contribution in [-0.2, 0) is 21.5 Å². The number of nitrogens with one attached hydrogen (secondary N) is 2. The van der Waals surface area contributed by atoms with Crippen molar-refractivity contribution in [3.63, 3.8) is 0 Å². The molecule has 0 aromatic heterocycles. The fourth-order valence-corrected chi connectivity index (χ4v) is 3.74. The zero-order valence-corrected chi connectivity index (χ0v) is 16.0. The Kier molecular flexibility index (Phi) is 4.76. The Morgan fingerprint density at radius 2 is 1.66 bits per heavy atom. The monoisotopic (exact) mass is 387 g/mol. The molecule has 0 radical (unpaired) electrons. The van der Waals surface area contributed by atoms with Gasteiger partial charge in [0, 0.05) is 0 Å². The van der Waals surface area contributed by atoms with Crippen LogP contribution in [0, 0.1) is 0 Å². The van der Waals surface area contributed by atoms with E-state index in [0.717, 1.165) is 21.3 Å². The number of hydrazine groups is 1. The molecule has 1 aliphatic heterocycles. The van der Waals surface area contributed by atoms with Gasteiger partial charge in [-0.3, -0.25) is 15.0 Å². The number of imide groups is 1. The van der Waals surface area contributed by atoms with Crippen molar-refractivity contribution >= 4 is 28.6 Å². The van der Waals surface area contributed by atoms with Crippen molar-refractivity contribution in [2.75, 3.05) is 0 Å². The molecule has 4 amide bonds. The Labute approximate surface area is 168 Å². The summed E-state index contributed by atoms with van der Waals surface area (Å²) >= 11 is 0. The quantitative estimate of drug-likeness (QED) is 0.660. The molecule has 146 valence electrons. The Hall–Kier alpha value is -3.67. The average molecular weight is 387 g/mol. The van der Waals surface area contributed by atoms with E-state index in [9.17, 15) is 14.4 Å². The molecule has 0 bridgehead atoms. The zero-order valence-electron chi connectivity index (χ0n) is 16.0. The highest BCUT2D eigenvalue weighted by Crippen LogP contribution is 2.31. The first-order valence-corrected chi connectivity index (χ1v) is 9.53. The van der Waals surface area contributed by atoms with E-state index in [0.29, 0.717) is 12.0 Å². The summed E-state index contributed by atoms with van der Waals surface area (Å²) in [5.41, 5.74) is 2.79. The normalized spacial score (nSPS) is 18.7. The molecule has 0 aliphatic carbocycles. The summed E-state index contributed by atoms with van der Waals surface area (Å²) in [5, 5.41) is 5.65. The molecule has 1 heterocycles. The highest BCUT2D eigenvalue weighted by molar-refractivity contribution is 6.08. The molecule has 0 unspecified atom stereocenters. The van der Waals surface area contributed by atoms with Gasteiger partial charge in [-0.05, 0) is 28.3 Å². The van der Waals surface area contributed by atoms with E-state index in [4.69, 9.17) is 0 Å². The second-order valence-electron chi connectivity index (χ2n) is 7.09. The average Bonchev–Trinajstić information content (AvgIpc) is 2.99. The van der Waals surface area contributed by atoms with Gasteiger partial charge in [0.2, 0.25) is 5.91 Å². The van der Waals surface area contributed by atoms with E-state index in [1.165, 1.54) is 0 Å². The summed E-state index contributed by atoms with van der Waals surface area (Å²) in [6.45, 7) is 1.82. The van der Waals surface area contributed by atoms with E-state index in [1.54, 1.807) is 12.1 Å². The second-order valence-corrected chi connectivity index (χ2v) is 7.09. The first kappa shape index (κ1) is 18.7. The summed E-state index contributed by atoms with van der Waals surface area (Å²) in [4.78, 5) is 38.1. The van der Waals surface area contributed by atoms with Gasteiger partial charge in [-0.25, -0.2) is 4.79 Å². The molecule has 1 aliphatic rings. The van der Waals surface area contributed by atoms with Crippen molar-refractivity contribution in [1.29, 1.82) is 0 Å². The lowest BCUT2D eigenvalue weighted by atomic mass is 9.87. The van der Waals surface area contributed by atoms with Crippen molar-refractivity contribution in [2.45, 2.75) is 25.3 Å². The van der Waals surface area contributed by atoms with Gasteiger partial charge in [0.25, 0.3) is 5.91 Å². The van der Waals surface area contributed by atoms with E-state index in [1.807, 2.05) is 67.6 Å². The molecule has 2 N–H and O–H groups in total. The highest BCUT2D eigenvalue weighted by atomic mass is 16.2. The molecule has 1 saturated heterocycles. The molecule has 0 saturated carbocycles. The first-order valence-electron chi connectivity index (χ1n) is 9.53. The number of urea groups is 1. The Morgan fingerprint density at radius 1 is 0.966 bits per heavy atom. The largest absolute Gasteiger partial charge is 0.344 e. The molecule has 0 spiro atoms.